The quantitative estimate of drug-likeness (QED) is 0.756. The lowest BCUT2D eigenvalue weighted by molar-refractivity contribution is -0.122. The molecule has 94 valence electrons. The summed E-state index contributed by atoms with van der Waals surface area (Å²) in [5, 5.41) is 0. The van der Waals surface area contributed by atoms with Crippen LogP contribution < -0.4 is 5.73 Å². The Balaban J connectivity index is 2.35. The molecule has 0 aromatic rings. The molecule has 1 saturated carbocycles. The van der Waals surface area contributed by atoms with E-state index in [2.05, 4.69) is 0 Å². The van der Waals surface area contributed by atoms with Crippen LogP contribution in [0.3, 0.4) is 0 Å². The van der Waals surface area contributed by atoms with Crippen LogP contribution in [0.1, 0.15) is 39.0 Å². The van der Waals surface area contributed by atoms with Gasteiger partial charge in [-0.2, -0.15) is 0 Å². The highest BCUT2D eigenvalue weighted by molar-refractivity contribution is 7.91. The van der Waals surface area contributed by atoms with Gasteiger partial charge < -0.3 is 5.73 Å². The molecule has 0 aromatic heterocycles. The minimum Gasteiger partial charge on any atom is -0.328 e. The van der Waals surface area contributed by atoms with Gasteiger partial charge in [-0.15, -0.1) is 0 Å². The highest BCUT2D eigenvalue weighted by atomic mass is 32.2. The summed E-state index contributed by atoms with van der Waals surface area (Å²) in [5.74, 6) is 0.273. The summed E-state index contributed by atoms with van der Waals surface area (Å²) >= 11 is 0. The molecule has 0 spiro atoms. The van der Waals surface area contributed by atoms with Crippen LogP contribution in [0.15, 0.2) is 0 Å². The third kappa shape index (κ3) is 4.22. The molecule has 1 aliphatic carbocycles. The smallest absolute Gasteiger partial charge is 0.150 e. The van der Waals surface area contributed by atoms with E-state index in [4.69, 9.17) is 5.73 Å². The number of hydrogen-bond acceptors (Lipinski definition) is 4. The highest BCUT2D eigenvalue weighted by Gasteiger charge is 2.28. The first-order valence-electron chi connectivity index (χ1n) is 5.93. The summed E-state index contributed by atoms with van der Waals surface area (Å²) in [7, 11) is -3.02. The van der Waals surface area contributed by atoms with Gasteiger partial charge in [0.2, 0.25) is 0 Å². The van der Waals surface area contributed by atoms with E-state index in [0.29, 0.717) is 6.42 Å². The summed E-state index contributed by atoms with van der Waals surface area (Å²) in [6.07, 6.45) is 3.23. The molecule has 0 heterocycles. The Bertz CT molecular complexity index is 337. The standard InChI is InChI=1S/C11H21NO3S/c1-2-6-16(14,15)7-5-11(13)9-3-4-10(12)8-9/h9-10H,2-8,12H2,1H3. The van der Waals surface area contributed by atoms with Crippen molar-refractivity contribution in [2.24, 2.45) is 11.7 Å². The van der Waals surface area contributed by atoms with Crippen LogP contribution in [0.4, 0.5) is 0 Å². The molecule has 1 aliphatic rings. The van der Waals surface area contributed by atoms with E-state index in [1.807, 2.05) is 6.92 Å². The second kappa shape index (κ2) is 5.77. The molecule has 0 aromatic carbocycles. The Morgan fingerprint density at radius 3 is 2.50 bits per heavy atom. The maximum atomic E-state index is 11.7. The second-order valence-corrected chi connectivity index (χ2v) is 6.94. The second-order valence-electron chi connectivity index (χ2n) is 4.64. The number of carbonyl (C=O) groups excluding carboxylic acids is 1. The monoisotopic (exact) mass is 247 g/mol. The first kappa shape index (κ1) is 13.6. The Morgan fingerprint density at radius 2 is 2.00 bits per heavy atom. The molecule has 4 nitrogen and oxygen atoms in total. The van der Waals surface area contributed by atoms with Crippen molar-refractivity contribution < 1.29 is 13.2 Å². The summed E-state index contributed by atoms with van der Waals surface area (Å²) in [6, 6.07) is 0.126. The molecule has 0 bridgehead atoms. The normalized spacial score (nSPS) is 25.9. The Kier molecular flexibility index (Phi) is 4.92. The molecule has 5 heteroatoms. The van der Waals surface area contributed by atoms with E-state index in [1.54, 1.807) is 0 Å². The van der Waals surface area contributed by atoms with Gasteiger partial charge in [-0.3, -0.25) is 4.79 Å². The van der Waals surface area contributed by atoms with Crippen LogP contribution >= 0.6 is 0 Å². The van der Waals surface area contributed by atoms with Crippen LogP contribution in [0.25, 0.3) is 0 Å². The molecule has 0 aliphatic heterocycles. The molecular formula is C11H21NO3S. The predicted molar refractivity (Wildman–Crippen MR) is 63.9 cm³/mol. The Hall–Kier alpha value is -0.420. The number of nitrogens with two attached hydrogens (primary N) is 1. The molecular weight excluding hydrogens is 226 g/mol. The van der Waals surface area contributed by atoms with Gasteiger partial charge in [0.15, 0.2) is 9.84 Å². The van der Waals surface area contributed by atoms with Crippen molar-refractivity contribution in [3.63, 3.8) is 0 Å². The maximum Gasteiger partial charge on any atom is 0.150 e. The van der Waals surface area contributed by atoms with Crippen molar-refractivity contribution in [1.29, 1.82) is 0 Å². The van der Waals surface area contributed by atoms with E-state index in [1.165, 1.54) is 0 Å². The first-order valence-corrected chi connectivity index (χ1v) is 7.75. The van der Waals surface area contributed by atoms with Crippen LogP contribution in [0, 0.1) is 5.92 Å². The average Bonchev–Trinajstić information content (AvgIpc) is 2.61. The third-order valence-corrected chi connectivity index (χ3v) is 4.96. The van der Waals surface area contributed by atoms with Gasteiger partial charge in [-0.25, -0.2) is 8.42 Å². The van der Waals surface area contributed by atoms with E-state index < -0.39 is 9.84 Å². The Labute approximate surface area is 97.5 Å². The molecule has 16 heavy (non-hydrogen) atoms. The molecule has 0 radical (unpaired) electrons. The molecule has 2 N–H and O–H groups in total. The zero-order chi connectivity index (χ0) is 12.2. The predicted octanol–water partition coefficient (Wildman–Crippen LogP) is 0.898. The van der Waals surface area contributed by atoms with Crippen molar-refractivity contribution in [2.75, 3.05) is 11.5 Å². The third-order valence-electron chi connectivity index (χ3n) is 3.10. The molecule has 0 saturated heterocycles. The van der Waals surface area contributed by atoms with Gasteiger partial charge in [0.25, 0.3) is 0 Å². The number of ketones is 1. The summed E-state index contributed by atoms with van der Waals surface area (Å²) in [4.78, 5) is 11.7. The van der Waals surface area contributed by atoms with Gasteiger partial charge in [0.1, 0.15) is 5.78 Å². The van der Waals surface area contributed by atoms with E-state index in [-0.39, 0.29) is 35.7 Å². The van der Waals surface area contributed by atoms with Crippen LogP contribution in [0.2, 0.25) is 0 Å². The van der Waals surface area contributed by atoms with Crippen molar-refractivity contribution >= 4 is 15.6 Å². The number of rotatable bonds is 6. The number of hydrogen-bond donors (Lipinski definition) is 1. The summed E-state index contributed by atoms with van der Waals surface area (Å²) in [5.41, 5.74) is 5.72. The largest absolute Gasteiger partial charge is 0.328 e. The van der Waals surface area contributed by atoms with Crippen molar-refractivity contribution in [2.45, 2.75) is 45.1 Å². The molecule has 1 rings (SSSR count). The Morgan fingerprint density at radius 1 is 1.31 bits per heavy atom. The minimum absolute atomic E-state index is 0.00537. The minimum atomic E-state index is -3.02. The summed E-state index contributed by atoms with van der Waals surface area (Å²) < 4.78 is 22.9. The zero-order valence-electron chi connectivity index (χ0n) is 9.81. The van der Waals surface area contributed by atoms with E-state index in [0.717, 1.165) is 19.3 Å². The van der Waals surface area contributed by atoms with Gasteiger partial charge >= 0.3 is 0 Å². The van der Waals surface area contributed by atoms with E-state index in [9.17, 15) is 13.2 Å². The van der Waals surface area contributed by atoms with Crippen molar-refractivity contribution in [3.8, 4) is 0 Å². The lowest BCUT2D eigenvalue weighted by Gasteiger charge is -2.08. The fourth-order valence-corrected chi connectivity index (χ4v) is 3.52. The maximum absolute atomic E-state index is 11.7. The van der Waals surface area contributed by atoms with Crippen LogP contribution in [0.5, 0.6) is 0 Å². The number of carbonyl (C=O) groups is 1. The topological polar surface area (TPSA) is 77.2 Å². The number of sulfone groups is 1. The lowest BCUT2D eigenvalue weighted by atomic mass is 10.0. The molecule has 2 unspecified atom stereocenters. The SMILES string of the molecule is CCCS(=O)(=O)CCC(=O)C1CCC(N)C1. The van der Waals surface area contributed by atoms with Crippen LogP contribution in [-0.2, 0) is 14.6 Å². The van der Waals surface area contributed by atoms with Gasteiger partial charge in [-0.05, 0) is 25.7 Å². The highest BCUT2D eigenvalue weighted by Crippen LogP contribution is 2.25. The van der Waals surface area contributed by atoms with Crippen molar-refractivity contribution in [3.05, 3.63) is 0 Å². The van der Waals surface area contributed by atoms with Gasteiger partial charge in [-0.1, -0.05) is 6.92 Å². The number of Topliss-reactive ketones (excluding diaryl/α,β-unsaturated/α-hetero) is 1. The van der Waals surface area contributed by atoms with Crippen LogP contribution in [-0.4, -0.2) is 31.7 Å². The molecule has 1 fully saturated rings. The van der Waals surface area contributed by atoms with E-state index >= 15 is 0 Å². The first-order chi connectivity index (χ1) is 7.44. The van der Waals surface area contributed by atoms with Gasteiger partial charge in [0, 0.05) is 24.1 Å². The summed E-state index contributed by atoms with van der Waals surface area (Å²) in [6.45, 7) is 1.83. The van der Waals surface area contributed by atoms with Gasteiger partial charge in [0.05, 0.1) is 5.75 Å². The fraction of sp³-hybridized carbons (Fsp3) is 0.909. The lowest BCUT2D eigenvalue weighted by Crippen LogP contribution is -2.20. The van der Waals surface area contributed by atoms with Crippen molar-refractivity contribution in [1.82, 2.24) is 0 Å². The molecule has 0 amide bonds. The zero-order valence-corrected chi connectivity index (χ0v) is 10.6. The fourth-order valence-electron chi connectivity index (χ4n) is 2.18. The molecule has 2 atom stereocenters. The average molecular weight is 247 g/mol.